The minimum absolute atomic E-state index is 0.0268. The fraction of sp³-hybridized carbons (Fsp3) is 0.214. The van der Waals surface area contributed by atoms with E-state index in [1.165, 1.54) is 38.0 Å². The number of carbonyl (C=O) groups excluding carboxylic acids is 1. The number of ether oxygens (including phenoxy) is 2. The monoisotopic (exact) mass is 389 g/mol. The third-order valence-corrected chi connectivity index (χ3v) is 8.38. The molecule has 24 heavy (non-hydrogen) atoms. The fourth-order valence-corrected chi connectivity index (χ4v) is 6.72. The Hall–Kier alpha value is -1.91. The lowest BCUT2D eigenvalue weighted by molar-refractivity contribution is 0.0597. The Bertz CT molecular complexity index is 969. The van der Waals surface area contributed by atoms with Gasteiger partial charge >= 0.3 is 16.0 Å². The molecule has 1 aromatic carbocycles. The van der Waals surface area contributed by atoms with E-state index in [-0.39, 0.29) is 20.4 Å². The Morgan fingerprint density at radius 2 is 1.75 bits per heavy atom. The molecular formula is C14H15NO6S3. The van der Waals surface area contributed by atoms with Crippen LogP contribution in [0, 0.1) is 0 Å². The van der Waals surface area contributed by atoms with Gasteiger partial charge in [0.25, 0.3) is 0 Å². The molecule has 2 rings (SSSR count). The van der Waals surface area contributed by atoms with Gasteiger partial charge in [-0.15, -0.1) is 15.1 Å². The van der Waals surface area contributed by atoms with E-state index in [2.05, 4.69) is 8.50 Å². The van der Waals surface area contributed by atoms with Gasteiger partial charge < -0.3 is 9.47 Å². The Labute approximate surface area is 144 Å². The molecular weight excluding hydrogens is 374 g/mol. The SMILES string of the molecule is COC(=O)c1csc(S(=O)(=O)N=[S@@](C)(=O)c2ccccc2)c1OC. The lowest BCUT2D eigenvalue weighted by Gasteiger charge is -2.06. The first-order chi connectivity index (χ1) is 11.2. The van der Waals surface area contributed by atoms with Crippen LogP contribution >= 0.6 is 11.3 Å². The molecule has 1 heterocycles. The van der Waals surface area contributed by atoms with Crippen LogP contribution in [0.4, 0.5) is 0 Å². The average Bonchev–Trinajstić information content (AvgIpc) is 2.99. The van der Waals surface area contributed by atoms with Gasteiger partial charge in [0.1, 0.15) is 5.56 Å². The molecule has 0 N–H and O–H groups in total. The molecule has 10 heteroatoms. The van der Waals surface area contributed by atoms with Crippen molar-refractivity contribution in [2.75, 3.05) is 20.5 Å². The van der Waals surface area contributed by atoms with E-state index in [1.807, 2.05) is 0 Å². The maximum absolute atomic E-state index is 12.7. The van der Waals surface area contributed by atoms with Gasteiger partial charge in [0.15, 0.2) is 9.96 Å². The second kappa shape index (κ2) is 6.91. The summed E-state index contributed by atoms with van der Waals surface area (Å²) in [6.07, 6.45) is 1.24. The normalized spacial score (nSPS) is 13.8. The van der Waals surface area contributed by atoms with Crippen LogP contribution in [0.15, 0.2) is 48.6 Å². The van der Waals surface area contributed by atoms with Crippen molar-refractivity contribution in [1.82, 2.24) is 0 Å². The number of nitrogens with zero attached hydrogens (tertiary/aromatic N) is 1. The van der Waals surface area contributed by atoms with Gasteiger partial charge in [-0.05, 0) is 12.1 Å². The molecule has 0 saturated carbocycles. The van der Waals surface area contributed by atoms with Gasteiger partial charge in [-0.25, -0.2) is 9.00 Å². The van der Waals surface area contributed by atoms with Crippen molar-refractivity contribution in [2.45, 2.75) is 9.10 Å². The molecule has 0 aliphatic heterocycles. The van der Waals surface area contributed by atoms with Crippen LogP contribution in [0.2, 0.25) is 0 Å². The summed E-state index contributed by atoms with van der Waals surface area (Å²) in [5, 5.41) is 1.30. The molecule has 0 radical (unpaired) electrons. The maximum atomic E-state index is 12.7. The zero-order valence-corrected chi connectivity index (χ0v) is 15.5. The molecule has 0 unspecified atom stereocenters. The number of carbonyl (C=O) groups is 1. The summed E-state index contributed by atoms with van der Waals surface area (Å²) in [5.74, 6) is -0.899. The van der Waals surface area contributed by atoms with Crippen LogP contribution in [0.3, 0.4) is 0 Å². The first-order valence-corrected chi connectivity index (χ1v) is 10.7. The quantitative estimate of drug-likeness (QED) is 0.728. The zero-order chi connectivity index (χ0) is 18.0. The average molecular weight is 389 g/mol. The van der Waals surface area contributed by atoms with Gasteiger partial charge in [-0.3, -0.25) is 0 Å². The Morgan fingerprint density at radius 1 is 1.12 bits per heavy atom. The van der Waals surface area contributed by atoms with E-state index >= 15 is 0 Å². The summed E-state index contributed by atoms with van der Waals surface area (Å²) < 4.78 is 50.7. The molecule has 130 valence electrons. The highest BCUT2D eigenvalue weighted by molar-refractivity contribution is 8.03. The van der Waals surface area contributed by atoms with E-state index in [1.54, 1.807) is 18.2 Å². The minimum atomic E-state index is -4.29. The molecule has 0 aliphatic rings. The number of hydrogen-bond donors (Lipinski definition) is 0. The zero-order valence-electron chi connectivity index (χ0n) is 13.1. The van der Waals surface area contributed by atoms with E-state index in [9.17, 15) is 17.4 Å². The van der Waals surface area contributed by atoms with Crippen LogP contribution in [-0.4, -0.2) is 39.1 Å². The van der Waals surface area contributed by atoms with E-state index in [0.29, 0.717) is 0 Å². The number of rotatable bonds is 5. The number of sulfonamides is 1. The fourth-order valence-electron chi connectivity index (χ4n) is 1.89. The number of methoxy groups -OCH3 is 2. The van der Waals surface area contributed by atoms with Gasteiger partial charge in [0.05, 0.1) is 23.9 Å². The molecule has 7 nitrogen and oxygen atoms in total. The predicted molar refractivity (Wildman–Crippen MR) is 90.6 cm³/mol. The van der Waals surface area contributed by atoms with Crippen molar-refractivity contribution in [3.05, 3.63) is 41.3 Å². The Kier molecular flexibility index (Phi) is 5.31. The van der Waals surface area contributed by atoms with Crippen LogP contribution < -0.4 is 4.74 Å². The lowest BCUT2D eigenvalue weighted by atomic mass is 10.3. The predicted octanol–water partition coefficient (Wildman–Crippen LogP) is 2.39. The molecule has 0 aliphatic carbocycles. The first-order valence-electron chi connectivity index (χ1n) is 6.50. The van der Waals surface area contributed by atoms with Crippen molar-refractivity contribution in [3.63, 3.8) is 0 Å². The van der Waals surface area contributed by atoms with Gasteiger partial charge in [-0.1, -0.05) is 18.2 Å². The van der Waals surface area contributed by atoms with Gasteiger partial charge in [0.2, 0.25) is 0 Å². The van der Waals surface area contributed by atoms with Crippen LogP contribution in [0.5, 0.6) is 5.75 Å². The Balaban J connectivity index is 2.61. The molecule has 0 amide bonds. The number of esters is 1. The third kappa shape index (κ3) is 3.60. The molecule has 0 saturated heterocycles. The van der Waals surface area contributed by atoms with Crippen LogP contribution in [0.25, 0.3) is 0 Å². The topological polar surface area (TPSA) is 99.1 Å². The highest BCUT2D eigenvalue weighted by Crippen LogP contribution is 2.36. The summed E-state index contributed by atoms with van der Waals surface area (Å²) in [7, 11) is -5.08. The molecule has 0 fully saturated rings. The largest absolute Gasteiger partial charge is 0.493 e. The standard InChI is InChI=1S/C14H15NO6S3/c1-20-12-11(13(16)21-2)9-22-14(12)24(18,19)15-23(3,17)10-7-5-4-6-8-10/h4-9H,1-3H3/t23-/m0/s1. The van der Waals surface area contributed by atoms with E-state index in [0.717, 1.165) is 11.3 Å². The first kappa shape index (κ1) is 18.4. The summed E-state index contributed by atoms with van der Waals surface area (Å²) >= 11 is 0.754. The summed E-state index contributed by atoms with van der Waals surface area (Å²) in [6.45, 7) is 0. The molecule has 1 aromatic heterocycles. The molecule has 0 spiro atoms. The maximum Gasteiger partial charge on any atom is 0.342 e. The van der Waals surface area contributed by atoms with E-state index in [4.69, 9.17) is 4.74 Å². The van der Waals surface area contributed by atoms with Crippen molar-refractivity contribution in [3.8, 4) is 5.75 Å². The second-order valence-electron chi connectivity index (χ2n) is 4.63. The van der Waals surface area contributed by atoms with Crippen LogP contribution in [-0.2, 0) is 24.5 Å². The highest BCUT2D eigenvalue weighted by Gasteiger charge is 2.29. The highest BCUT2D eigenvalue weighted by atomic mass is 32.3. The summed E-state index contributed by atoms with van der Waals surface area (Å²) in [6, 6.07) is 8.07. The molecule has 1 atom stereocenters. The minimum Gasteiger partial charge on any atom is -0.493 e. The van der Waals surface area contributed by atoms with E-state index < -0.39 is 25.7 Å². The second-order valence-corrected chi connectivity index (χ2v) is 9.80. The van der Waals surface area contributed by atoms with Gasteiger partial charge in [0, 0.05) is 16.5 Å². The van der Waals surface area contributed by atoms with Crippen molar-refractivity contribution in [2.24, 2.45) is 3.77 Å². The van der Waals surface area contributed by atoms with Gasteiger partial charge in [-0.2, -0.15) is 8.42 Å². The number of benzene rings is 1. The van der Waals surface area contributed by atoms with Crippen molar-refractivity contribution < 1.29 is 26.9 Å². The number of hydrogen-bond acceptors (Lipinski definition) is 7. The Morgan fingerprint density at radius 3 is 2.29 bits per heavy atom. The van der Waals surface area contributed by atoms with Crippen molar-refractivity contribution in [1.29, 1.82) is 0 Å². The molecule has 2 aromatic rings. The molecule has 0 bridgehead atoms. The third-order valence-electron chi connectivity index (χ3n) is 2.98. The van der Waals surface area contributed by atoms with Crippen LogP contribution in [0.1, 0.15) is 10.4 Å². The summed E-state index contributed by atoms with van der Waals surface area (Å²) in [4.78, 5) is 12.0. The number of thiophene rings is 1. The van der Waals surface area contributed by atoms with Crippen molar-refractivity contribution >= 4 is 37.1 Å². The lowest BCUT2D eigenvalue weighted by Crippen LogP contribution is -2.06. The summed E-state index contributed by atoms with van der Waals surface area (Å²) in [5.41, 5.74) is -0.0268. The smallest absolute Gasteiger partial charge is 0.342 e.